The third kappa shape index (κ3) is 6.15. The summed E-state index contributed by atoms with van der Waals surface area (Å²) < 4.78 is 24.1. The molecular weight excluding hydrogens is 463 g/mol. The van der Waals surface area contributed by atoms with Gasteiger partial charge in [0.2, 0.25) is 0 Å². The SMILES string of the molecule is CCOC(=O)CCc1cccc(NC(=O)c2ccccc2NC(=O)C2=Cc3cc(F)ccc3OC2)c1. The third-order valence-corrected chi connectivity index (χ3v) is 5.50. The normalized spacial score (nSPS) is 12.0. The van der Waals surface area contributed by atoms with Crippen molar-refractivity contribution in [3.63, 3.8) is 0 Å². The average molecular weight is 489 g/mol. The predicted molar refractivity (Wildman–Crippen MR) is 134 cm³/mol. The van der Waals surface area contributed by atoms with E-state index in [0.717, 1.165) is 5.56 Å². The number of aryl methyl sites for hydroxylation is 1. The number of ether oxygens (including phenoxy) is 2. The molecular formula is C28H25FN2O5. The molecule has 1 aliphatic heterocycles. The molecule has 3 aromatic rings. The van der Waals surface area contributed by atoms with Crippen molar-refractivity contribution in [2.75, 3.05) is 23.8 Å². The maximum Gasteiger partial charge on any atom is 0.306 e. The maximum absolute atomic E-state index is 13.6. The summed E-state index contributed by atoms with van der Waals surface area (Å²) in [4.78, 5) is 37.6. The molecule has 0 aromatic heterocycles. The summed E-state index contributed by atoms with van der Waals surface area (Å²) in [5.41, 5.74) is 2.81. The van der Waals surface area contributed by atoms with Gasteiger partial charge in [-0.05, 0) is 67.4 Å². The average Bonchev–Trinajstić information content (AvgIpc) is 2.87. The second kappa shape index (κ2) is 11.3. The van der Waals surface area contributed by atoms with Crippen LogP contribution >= 0.6 is 0 Å². The molecule has 0 atom stereocenters. The maximum atomic E-state index is 13.6. The number of carbonyl (C=O) groups excluding carboxylic acids is 3. The van der Waals surface area contributed by atoms with Crippen molar-refractivity contribution >= 4 is 35.2 Å². The van der Waals surface area contributed by atoms with E-state index in [2.05, 4.69) is 10.6 Å². The van der Waals surface area contributed by atoms with Crippen LogP contribution in [0.15, 0.2) is 72.3 Å². The van der Waals surface area contributed by atoms with Gasteiger partial charge < -0.3 is 20.1 Å². The van der Waals surface area contributed by atoms with Crippen molar-refractivity contribution < 1.29 is 28.2 Å². The Morgan fingerprint density at radius 1 is 0.972 bits per heavy atom. The number of para-hydroxylation sites is 1. The topological polar surface area (TPSA) is 93.7 Å². The van der Waals surface area contributed by atoms with E-state index in [4.69, 9.17) is 9.47 Å². The Balaban J connectivity index is 1.45. The minimum Gasteiger partial charge on any atom is -0.488 e. The lowest BCUT2D eigenvalue weighted by Crippen LogP contribution is -2.23. The van der Waals surface area contributed by atoms with Gasteiger partial charge in [-0.15, -0.1) is 0 Å². The van der Waals surface area contributed by atoms with Crippen molar-refractivity contribution in [1.29, 1.82) is 0 Å². The number of benzene rings is 3. The molecule has 3 aromatic carbocycles. The number of esters is 1. The highest BCUT2D eigenvalue weighted by molar-refractivity contribution is 6.13. The quantitative estimate of drug-likeness (QED) is 0.436. The molecule has 0 fully saturated rings. The number of fused-ring (bicyclic) bond motifs is 1. The summed E-state index contributed by atoms with van der Waals surface area (Å²) in [6.07, 6.45) is 2.30. The minimum absolute atomic E-state index is 0.0252. The van der Waals surface area contributed by atoms with E-state index in [1.165, 1.54) is 18.2 Å². The van der Waals surface area contributed by atoms with E-state index in [-0.39, 0.29) is 24.6 Å². The Kier molecular flexibility index (Phi) is 7.75. The molecule has 36 heavy (non-hydrogen) atoms. The predicted octanol–water partition coefficient (Wildman–Crippen LogP) is 4.99. The van der Waals surface area contributed by atoms with Gasteiger partial charge in [0.05, 0.1) is 23.4 Å². The van der Waals surface area contributed by atoms with Crippen LogP contribution in [0.5, 0.6) is 5.75 Å². The lowest BCUT2D eigenvalue weighted by Gasteiger charge is -2.18. The second-order valence-corrected chi connectivity index (χ2v) is 8.10. The van der Waals surface area contributed by atoms with Crippen molar-refractivity contribution in [3.05, 3.63) is 94.8 Å². The first-order valence-corrected chi connectivity index (χ1v) is 11.5. The van der Waals surface area contributed by atoms with Crippen molar-refractivity contribution in [1.82, 2.24) is 0 Å². The molecule has 1 heterocycles. The van der Waals surface area contributed by atoms with Crippen molar-refractivity contribution in [2.45, 2.75) is 19.8 Å². The van der Waals surface area contributed by atoms with Gasteiger partial charge in [0, 0.05) is 17.7 Å². The number of nitrogens with one attached hydrogen (secondary N) is 2. The summed E-state index contributed by atoms with van der Waals surface area (Å²) in [5, 5.41) is 5.59. The Hall–Kier alpha value is -4.46. The molecule has 184 valence electrons. The summed E-state index contributed by atoms with van der Waals surface area (Å²) in [6.45, 7) is 2.12. The number of amides is 2. The highest BCUT2D eigenvalue weighted by atomic mass is 19.1. The molecule has 2 amide bonds. The van der Waals surface area contributed by atoms with Crippen molar-refractivity contribution in [2.24, 2.45) is 0 Å². The number of hydrogen-bond donors (Lipinski definition) is 2. The van der Waals surface area contributed by atoms with Gasteiger partial charge in [-0.3, -0.25) is 14.4 Å². The zero-order chi connectivity index (χ0) is 25.5. The van der Waals surface area contributed by atoms with E-state index in [1.54, 1.807) is 55.5 Å². The van der Waals surface area contributed by atoms with E-state index >= 15 is 0 Å². The van der Waals surface area contributed by atoms with Gasteiger partial charge in [0.15, 0.2) is 0 Å². The fraction of sp³-hybridized carbons (Fsp3) is 0.179. The third-order valence-electron chi connectivity index (χ3n) is 5.50. The molecule has 0 spiro atoms. The number of carbonyl (C=O) groups is 3. The number of rotatable bonds is 8. The lowest BCUT2D eigenvalue weighted by atomic mass is 10.1. The fourth-order valence-corrected chi connectivity index (χ4v) is 3.75. The lowest BCUT2D eigenvalue weighted by molar-refractivity contribution is -0.143. The number of anilines is 2. The summed E-state index contributed by atoms with van der Waals surface area (Å²) in [7, 11) is 0. The molecule has 0 bridgehead atoms. The Morgan fingerprint density at radius 3 is 2.64 bits per heavy atom. The highest BCUT2D eigenvalue weighted by Gasteiger charge is 2.20. The van der Waals surface area contributed by atoms with Gasteiger partial charge in [-0.25, -0.2) is 4.39 Å². The van der Waals surface area contributed by atoms with Crippen LogP contribution < -0.4 is 15.4 Å². The molecule has 0 saturated heterocycles. The standard InChI is InChI=1S/C28H25FN2O5/c1-2-35-26(32)13-10-18-6-5-7-22(14-18)30-28(34)23-8-3-4-9-24(23)31-27(33)20-15-19-16-21(29)11-12-25(19)36-17-20/h3-9,11-12,14-16H,2,10,13,17H2,1H3,(H,30,34)(H,31,33). The minimum atomic E-state index is -0.453. The second-order valence-electron chi connectivity index (χ2n) is 8.10. The van der Waals surface area contributed by atoms with Crippen molar-refractivity contribution in [3.8, 4) is 5.75 Å². The molecule has 0 saturated carbocycles. The van der Waals surface area contributed by atoms with Crippen LogP contribution in [0.4, 0.5) is 15.8 Å². The first kappa shape index (κ1) is 24.7. The van der Waals surface area contributed by atoms with Gasteiger partial charge in [-0.2, -0.15) is 0 Å². The zero-order valence-corrected chi connectivity index (χ0v) is 19.7. The largest absolute Gasteiger partial charge is 0.488 e. The van der Waals surface area contributed by atoms with Crippen LogP contribution in [0.2, 0.25) is 0 Å². The molecule has 0 aliphatic carbocycles. The van der Waals surface area contributed by atoms with E-state index < -0.39 is 17.6 Å². The first-order chi connectivity index (χ1) is 17.4. The fourth-order valence-electron chi connectivity index (χ4n) is 3.75. The van der Waals surface area contributed by atoms with Crippen LogP contribution in [-0.2, 0) is 20.7 Å². The Morgan fingerprint density at radius 2 is 1.81 bits per heavy atom. The van der Waals surface area contributed by atoms with Crippen LogP contribution in [0.1, 0.15) is 34.8 Å². The molecule has 2 N–H and O–H groups in total. The Bertz CT molecular complexity index is 1340. The highest BCUT2D eigenvalue weighted by Crippen LogP contribution is 2.28. The van der Waals surface area contributed by atoms with Gasteiger partial charge in [0.1, 0.15) is 18.2 Å². The molecule has 0 unspecified atom stereocenters. The van der Waals surface area contributed by atoms with E-state index in [1.807, 2.05) is 6.07 Å². The molecule has 0 radical (unpaired) electrons. The first-order valence-electron chi connectivity index (χ1n) is 11.5. The summed E-state index contributed by atoms with van der Waals surface area (Å²) in [6, 6.07) is 17.9. The van der Waals surface area contributed by atoms with Gasteiger partial charge >= 0.3 is 5.97 Å². The van der Waals surface area contributed by atoms with E-state index in [9.17, 15) is 18.8 Å². The monoisotopic (exact) mass is 488 g/mol. The molecule has 1 aliphatic rings. The van der Waals surface area contributed by atoms with Crippen LogP contribution in [-0.4, -0.2) is 31.0 Å². The Labute approximate surface area is 207 Å². The number of hydrogen-bond acceptors (Lipinski definition) is 5. The summed E-state index contributed by atoms with van der Waals surface area (Å²) >= 11 is 0. The summed E-state index contributed by atoms with van der Waals surface area (Å²) in [5.74, 6) is -1.07. The molecule has 7 nitrogen and oxygen atoms in total. The number of halogens is 1. The van der Waals surface area contributed by atoms with E-state index in [0.29, 0.717) is 41.3 Å². The van der Waals surface area contributed by atoms with Crippen LogP contribution in [0.3, 0.4) is 0 Å². The molecule has 4 rings (SSSR count). The molecule has 8 heteroatoms. The zero-order valence-electron chi connectivity index (χ0n) is 19.7. The van der Waals surface area contributed by atoms with Gasteiger partial charge in [-0.1, -0.05) is 24.3 Å². The van der Waals surface area contributed by atoms with Gasteiger partial charge in [0.25, 0.3) is 11.8 Å². The van der Waals surface area contributed by atoms with Crippen LogP contribution in [0.25, 0.3) is 6.08 Å². The van der Waals surface area contributed by atoms with Crippen LogP contribution in [0, 0.1) is 5.82 Å². The smallest absolute Gasteiger partial charge is 0.306 e.